The van der Waals surface area contributed by atoms with Gasteiger partial charge in [-0.2, -0.15) is 0 Å². The van der Waals surface area contributed by atoms with E-state index in [2.05, 4.69) is 6.92 Å². The third kappa shape index (κ3) is 4.99. The lowest BCUT2D eigenvalue weighted by Gasteiger charge is -2.22. The van der Waals surface area contributed by atoms with Gasteiger partial charge in [-0.25, -0.2) is 0 Å². The van der Waals surface area contributed by atoms with Crippen LogP contribution >= 0.6 is 0 Å². The number of aliphatic hydroxyl groups is 1. The van der Waals surface area contributed by atoms with Gasteiger partial charge in [0, 0.05) is 19.2 Å². The number of Topliss-reactive ketones (excluding diaryl/α,β-unsaturated/α-hetero) is 1. The van der Waals surface area contributed by atoms with Crippen LogP contribution < -0.4 is 4.74 Å². The zero-order chi connectivity index (χ0) is 22.4. The molecule has 1 fully saturated rings. The third-order valence-corrected chi connectivity index (χ3v) is 5.25. The van der Waals surface area contributed by atoms with E-state index in [4.69, 9.17) is 13.9 Å². The molecule has 1 aliphatic heterocycles. The third-order valence-electron chi connectivity index (χ3n) is 5.25. The summed E-state index contributed by atoms with van der Waals surface area (Å²) in [5.74, 6) is 0.0875. The van der Waals surface area contributed by atoms with Gasteiger partial charge in [0.25, 0.3) is 11.7 Å². The second kappa shape index (κ2) is 10.3. The van der Waals surface area contributed by atoms with Gasteiger partial charge in [-0.1, -0.05) is 19.8 Å². The maximum atomic E-state index is 12.8. The number of furan rings is 1. The molecule has 7 heteroatoms. The summed E-state index contributed by atoms with van der Waals surface area (Å²) in [6.07, 6.45) is 3.20. The number of aryl methyl sites for hydroxylation is 1. The summed E-state index contributed by atoms with van der Waals surface area (Å²) in [5, 5.41) is 11.0. The van der Waals surface area contributed by atoms with Crippen molar-refractivity contribution in [2.45, 2.75) is 39.2 Å². The van der Waals surface area contributed by atoms with Crippen LogP contribution in [0.1, 0.15) is 49.3 Å². The molecule has 1 saturated heterocycles. The molecular formula is C24H29NO6. The summed E-state index contributed by atoms with van der Waals surface area (Å²) in [4.78, 5) is 26.9. The van der Waals surface area contributed by atoms with Crippen LogP contribution in [0.2, 0.25) is 0 Å². The number of hydrogen-bond donors (Lipinski definition) is 1. The molecule has 0 spiro atoms. The van der Waals surface area contributed by atoms with Gasteiger partial charge >= 0.3 is 0 Å². The summed E-state index contributed by atoms with van der Waals surface area (Å²) in [6, 6.07) is 9.51. The van der Waals surface area contributed by atoms with Gasteiger partial charge in [-0.15, -0.1) is 0 Å². The largest absolute Gasteiger partial charge is 0.507 e. The first kappa shape index (κ1) is 22.6. The fourth-order valence-corrected chi connectivity index (χ4v) is 3.60. The number of aliphatic hydroxyl groups excluding tert-OH is 1. The highest BCUT2D eigenvalue weighted by molar-refractivity contribution is 6.46. The topological polar surface area (TPSA) is 89.2 Å². The van der Waals surface area contributed by atoms with E-state index in [0.717, 1.165) is 19.3 Å². The Kier molecular flexibility index (Phi) is 7.52. The van der Waals surface area contributed by atoms with Gasteiger partial charge in [0.15, 0.2) is 0 Å². The van der Waals surface area contributed by atoms with E-state index >= 15 is 0 Å². The Hall–Kier alpha value is -3.06. The number of carbonyl (C=O) groups excluding carboxylic acids is 2. The molecule has 1 N–H and O–H groups in total. The fourth-order valence-electron chi connectivity index (χ4n) is 3.60. The second-order valence-corrected chi connectivity index (χ2v) is 7.51. The number of likely N-dealkylation sites (tertiary alicyclic amines) is 1. The standard InChI is InChI=1S/C24H29NO6/c1-4-5-6-14-30-18-10-8-17(9-11-18)22(26)20-21(19-12-7-16(2)31-19)25(13-15-29-3)24(28)23(20)27/h7-12,21,26H,4-6,13-15H2,1-3H3/b22-20-. The number of nitrogens with zero attached hydrogens (tertiary/aromatic N) is 1. The number of ketones is 1. The quantitative estimate of drug-likeness (QED) is 0.264. The van der Waals surface area contributed by atoms with Crippen molar-refractivity contribution in [3.63, 3.8) is 0 Å². The summed E-state index contributed by atoms with van der Waals surface area (Å²) >= 11 is 0. The highest BCUT2D eigenvalue weighted by Gasteiger charge is 2.47. The number of benzene rings is 1. The molecule has 31 heavy (non-hydrogen) atoms. The van der Waals surface area contributed by atoms with Crippen LogP contribution in [0, 0.1) is 6.92 Å². The summed E-state index contributed by atoms with van der Waals surface area (Å²) in [7, 11) is 1.52. The lowest BCUT2D eigenvalue weighted by atomic mass is 9.99. The van der Waals surface area contributed by atoms with Gasteiger partial charge < -0.3 is 23.9 Å². The molecule has 0 bridgehead atoms. The minimum Gasteiger partial charge on any atom is -0.507 e. The van der Waals surface area contributed by atoms with Crippen molar-refractivity contribution >= 4 is 17.4 Å². The highest BCUT2D eigenvalue weighted by atomic mass is 16.5. The van der Waals surface area contributed by atoms with Gasteiger partial charge in [0.05, 0.1) is 18.8 Å². The Morgan fingerprint density at radius 2 is 1.84 bits per heavy atom. The van der Waals surface area contributed by atoms with Crippen molar-refractivity contribution in [2.75, 3.05) is 26.9 Å². The van der Waals surface area contributed by atoms with Gasteiger partial charge in [0.1, 0.15) is 29.1 Å². The SMILES string of the molecule is CCCCCOc1ccc(/C(O)=C2/C(=O)C(=O)N(CCOC)C2c2ccc(C)o2)cc1. The van der Waals surface area contributed by atoms with Crippen LogP contribution in [0.25, 0.3) is 5.76 Å². The van der Waals surface area contributed by atoms with Crippen molar-refractivity contribution in [1.82, 2.24) is 4.90 Å². The van der Waals surface area contributed by atoms with Crippen LogP contribution in [0.5, 0.6) is 5.75 Å². The molecule has 166 valence electrons. The van der Waals surface area contributed by atoms with E-state index in [0.29, 0.717) is 29.4 Å². The van der Waals surface area contributed by atoms with Crippen LogP contribution in [-0.2, 0) is 14.3 Å². The van der Waals surface area contributed by atoms with E-state index < -0.39 is 17.7 Å². The van der Waals surface area contributed by atoms with E-state index in [1.165, 1.54) is 12.0 Å². The molecule has 1 aromatic heterocycles. The predicted molar refractivity (Wildman–Crippen MR) is 116 cm³/mol. The first-order valence-corrected chi connectivity index (χ1v) is 10.5. The first-order valence-electron chi connectivity index (χ1n) is 10.5. The molecule has 0 radical (unpaired) electrons. The van der Waals surface area contributed by atoms with Crippen molar-refractivity contribution in [1.29, 1.82) is 0 Å². The fraction of sp³-hybridized carbons (Fsp3) is 0.417. The number of ether oxygens (including phenoxy) is 2. The predicted octanol–water partition coefficient (Wildman–Crippen LogP) is 4.23. The average molecular weight is 427 g/mol. The maximum Gasteiger partial charge on any atom is 0.295 e. The molecule has 1 amide bonds. The molecule has 0 saturated carbocycles. The molecule has 1 unspecified atom stereocenters. The molecule has 1 aromatic carbocycles. The lowest BCUT2D eigenvalue weighted by Crippen LogP contribution is -2.32. The molecule has 7 nitrogen and oxygen atoms in total. The molecule has 1 aliphatic rings. The van der Waals surface area contributed by atoms with E-state index in [1.54, 1.807) is 43.3 Å². The molecule has 1 atom stereocenters. The Balaban J connectivity index is 1.92. The zero-order valence-corrected chi connectivity index (χ0v) is 18.2. The summed E-state index contributed by atoms with van der Waals surface area (Å²) < 4.78 is 16.5. The lowest BCUT2D eigenvalue weighted by molar-refractivity contribution is -0.140. The van der Waals surface area contributed by atoms with Crippen molar-refractivity contribution < 1.29 is 28.6 Å². The van der Waals surface area contributed by atoms with Gasteiger partial charge in [0.2, 0.25) is 0 Å². The van der Waals surface area contributed by atoms with Gasteiger partial charge in [-0.3, -0.25) is 9.59 Å². The monoisotopic (exact) mass is 427 g/mol. The number of carbonyl (C=O) groups is 2. The van der Waals surface area contributed by atoms with E-state index in [1.807, 2.05) is 0 Å². The van der Waals surface area contributed by atoms with Crippen molar-refractivity contribution in [2.24, 2.45) is 0 Å². The highest BCUT2D eigenvalue weighted by Crippen LogP contribution is 2.40. The second-order valence-electron chi connectivity index (χ2n) is 7.51. The van der Waals surface area contributed by atoms with Gasteiger partial charge in [-0.05, 0) is 49.7 Å². The number of hydrogen-bond acceptors (Lipinski definition) is 6. The van der Waals surface area contributed by atoms with Crippen LogP contribution in [0.15, 0.2) is 46.4 Å². The summed E-state index contributed by atoms with van der Waals surface area (Å²) in [5.41, 5.74) is 0.436. The molecule has 0 aliphatic carbocycles. The number of unbranched alkanes of at least 4 members (excludes halogenated alkanes) is 2. The number of rotatable bonds is 10. The minimum absolute atomic E-state index is 0.00654. The Bertz CT molecular complexity index is 943. The molecular weight excluding hydrogens is 398 g/mol. The normalized spacial score (nSPS) is 18.0. The molecule has 2 heterocycles. The number of amides is 1. The van der Waals surface area contributed by atoms with Crippen LogP contribution in [-0.4, -0.2) is 48.6 Å². The van der Waals surface area contributed by atoms with Crippen molar-refractivity contribution in [3.05, 3.63) is 59.1 Å². The molecule has 3 rings (SSSR count). The minimum atomic E-state index is -0.811. The average Bonchev–Trinajstić information content (AvgIpc) is 3.31. The smallest absolute Gasteiger partial charge is 0.295 e. The maximum absolute atomic E-state index is 12.8. The number of methoxy groups -OCH3 is 1. The zero-order valence-electron chi connectivity index (χ0n) is 18.2. The van der Waals surface area contributed by atoms with E-state index in [-0.39, 0.29) is 24.5 Å². The first-order chi connectivity index (χ1) is 15.0. The van der Waals surface area contributed by atoms with E-state index in [9.17, 15) is 14.7 Å². The van der Waals surface area contributed by atoms with Crippen LogP contribution in [0.3, 0.4) is 0 Å². The summed E-state index contributed by atoms with van der Waals surface area (Å²) in [6.45, 7) is 5.00. The Morgan fingerprint density at radius 3 is 2.45 bits per heavy atom. The van der Waals surface area contributed by atoms with Crippen molar-refractivity contribution in [3.8, 4) is 5.75 Å². The molecule has 2 aromatic rings. The van der Waals surface area contributed by atoms with Crippen LogP contribution in [0.4, 0.5) is 0 Å². The Morgan fingerprint density at radius 1 is 1.10 bits per heavy atom. The Labute approximate surface area is 182 Å².